The Morgan fingerprint density at radius 2 is 1.61 bits per heavy atom. The zero-order valence-electron chi connectivity index (χ0n) is 22.9. The number of aldehydes is 1. The molecule has 2 aromatic carbocycles. The zero-order valence-corrected chi connectivity index (χ0v) is 24.5. The minimum Gasteiger partial charge on any atom is -0.461 e. The number of sulfone groups is 1. The number of nitrogens with zero attached hydrogens (tertiary/aromatic N) is 3. The highest BCUT2D eigenvalue weighted by Gasteiger charge is 2.29. The molecule has 2 aromatic heterocycles. The lowest BCUT2D eigenvalue weighted by molar-refractivity contribution is -0.112. The van der Waals surface area contributed by atoms with Gasteiger partial charge in [0.05, 0.1) is 22.0 Å². The second-order valence-electron chi connectivity index (χ2n) is 11.4. The number of hydrogen-bond donors (Lipinski definition) is 1. The van der Waals surface area contributed by atoms with Crippen molar-refractivity contribution < 1.29 is 17.9 Å². The number of halogens is 1. The highest BCUT2D eigenvalue weighted by Crippen LogP contribution is 2.32. The first-order chi connectivity index (χ1) is 19.7. The monoisotopic (exact) mass is 592 g/mol. The summed E-state index contributed by atoms with van der Waals surface area (Å²) in [7, 11) is -2.91. The Kier molecular flexibility index (Phi) is 7.85. The molecule has 8 nitrogen and oxygen atoms in total. The smallest absolute Gasteiger partial charge is 0.296 e. The number of ether oxygens (including phenoxy) is 1. The van der Waals surface area contributed by atoms with Crippen molar-refractivity contribution >= 4 is 38.9 Å². The summed E-state index contributed by atoms with van der Waals surface area (Å²) in [6, 6.07) is 18.9. The van der Waals surface area contributed by atoms with Crippen LogP contribution in [0.3, 0.4) is 0 Å². The van der Waals surface area contributed by atoms with E-state index in [1.54, 1.807) is 0 Å². The Hall–Kier alpha value is -3.27. The fourth-order valence-electron chi connectivity index (χ4n) is 5.88. The third-order valence-corrected chi connectivity index (χ3v) is 9.38. The fraction of sp³-hybridized carbons (Fsp3) is 0.387. The summed E-state index contributed by atoms with van der Waals surface area (Å²) in [5, 5.41) is 0.529. The number of benzene rings is 2. The number of aromatic amines is 1. The first kappa shape index (κ1) is 27.9. The predicted octanol–water partition coefficient (Wildman–Crippen LogP) is 5.56. The number of nitrogens with one attached hydrogen (secondary N) is 1. The Morgan fingerprint density at radius 1 is 0.976 bits per heavy atom. The zero-order chi connectivity index (χ0) is 28.6. The normalized spacial score (nSPS) is 20.1. The summed E-state index contributed by atoms with van der Waals surface area (Å²) < 4.78 is 29.0. The summed E-state index contributed by atoms with van der Waals surface area (Å²) in [5.74, 6) is 0.657. The number of carbonyl (C=O) groups is 1. The van der Waals surface area contributed by atoms with Crippen LogP contribution in [0, 0.1) is 11.8 Å². The number of rotatable bonds is 9. The van der Waals surface area contributed by atoms with E-state index in [-0.39, 0.29) is 23.7 Å². The molecule has 0 radical (unpaired) electrons. The van der Waals surface area contributed by atoms with Gasteiger partial charge in [0.25, 0.3) is 6.01 Å². The second-order valence-corrected chi connectivity index (χ2v) is 14.0. The third kappa shape index (κ3) is 6.63. The predicted molar refractivity (Wildman–Crippen MR) is 161 cm³/mol. The van der Waals surface area contributed by atoms with Crippen LogP contribution < -0.4 is 4.74 Å². The van der Waals surface area contributed by atoms with Crippen LogP contribution >= 0.6 is 11.6 Å². The van der Waals surface area contributed by atoms with Crippen LogP contribution in [0.2, 0.25) is 5.02 Å². The van der Waals surface area contributed by atoms with Gasteiger partial charge in [-0.15, -0.1) is 0 Å². The van der Waals surface area contributed by atoms with Crippen LogP contribution in [0.4, 0.5) is 0 Å². The summed E-state index contributed by atoms with van der Waals surface area (Å²) in [4.78, 5) is 25.7. The van der Waals surface area contributed by atoms with Crippen LogP contribution in [-0.4, -0.2) is 65.8 Å². The maximum atomic E-state index is 11.5. The molecule has 4 aromatic rings. The van der Waals surface area contributed by atoms with Gasteiger partial charge in [-0.25, -0.2) is 13.4 Å². The molecule has 0 unspecified atom stereocenters. The van der Waals surface area contributed by atoms with E-state index in [2.05, 4.69) is 51.3 Å². The SMILES string of the molecule is CS(=O)(=O)CC1CN(Cc2ccc(-c3ccc(-c4nc5nc(OC6CCC(C=O)CC6)[nH]c5cc4Cl)cc3)cc2)C1. The van der Waals surface area contributed by atoms with Gasteiger partial charge in [-0.1, -0.05) is 60.1 Å². The van der Waals surface area contributed by atoms with Crippen molar-refractivity contribution in [3.05, 3.63) is 65.2 Å². The van der Waals surface area contributed by atoms with Gasteiger partial charge in [-0.05, 0) is 54.4 Å². The average molecular weight is 593 g/mol. The number of carbonyl (C=O) groups excluding carboxylic acids is 1. The number of likely N-dealkylation sites (tertiary alicyclic amines) is 1. The number of pyridine rings is 1. The Morgan fingerprint density at radius 3 is 2.24 bits per heavy atom. The fourth-order valence-corrected chi connectivity index (χ4v) is 7.20. The third-order valence-electron chi connectivity index (χ3n) is 8.02. The highest BCUT2D eigenvalue weighted by molar-refractivity contribution is 7.90. The maximum Gasteiger partial charge on any atom is 0.296 e. The van der Waals surface area contributed by atoms with Crippen LogP contribution in [0.25, 0.3) is 33.5 Å². The van der Waals surface area contributed by atoms with Gasteiger partial charge in [-0.3, -0.25) is 4.90 Å². The molecule has 1 saturated carbocycles. The van der Waals surface area contributed by atoms with Gasteiger partial charge in [0.1, 0.15) is 22.2 Å². The van der Waals surface area contributed by atoms with E-state index >= 15 is 0 Å². The van der Waals surface area contributed by atoms with Crippen molar-refractivity contribution in [2.45, 2.75) is 38.3 Å². The molecule has 0 amide bonds. The van der Waals surface area contributed by atoms with E-state index in [4.69, 9.17) is 21.3 Å². The molecule has 1 saturated heterocycles. The van der Waals surface area contributed by atoms with Crippen molar-refractivity contribution in [3.8, 4) is 28.4 Å². The molecule has 2 fully saturated rings. The minimum atomic E-state index is -2.91. The average Bonchev–Trinajstić information content (AvgIpc) is 3.32. The van der Waals surface area contributed by atoms with Gasteiger partial charge in [0.15, 0.2) is 5.65 Å². The van der Waals surface area contributed by atoms with E-state index in [1.807, 2.05) is 18.2 Å². The molecule has 0 atom stereocenters. The molecule has 2 aliphatic rings. The van der Waals surface area contributed by atoms with Gasteiger partial charge in [-0.2, -0.15) is 4.98 Å². The van der Waals surface area contributed by atoms with Crippen molar-refractivity contribution in [3.63, 3.8) is 0 Å². The summed E-state index contributed by atoms with van der Waals surface area (Å²) in [5.41, 5.74) is 6.25. The first-order valence-electron chi connectivity index (χ1n) is 14.0. The topological polar surface area (TPSA) is 105 Å². The van der Waals surface area contributed by atoms with E-state index in [0.717, 1.165) is 73.8 Å². The second kappa shape index (κ2) is 11.5. The molecule has 1 N–H and O–H groups in total. The number of fused-ring (bicyclic) bond motifs is 1. The molecule has 0 bridgehead atoms. The maximum absolute atomic E-state index is 11.5. The molecule has 0 spiro atoms. The van der Waals surface area contributed by atoms with Crippen molar-refractivity contribution in [1.29, 1.82) is 0 Å². The first-order valence-corrected chi connectivity index (χ1v) is 16.4. The van der Waals surface area contributed by atoms with Crippen molar-refractivity contribution in [2.24, 2.45) is 11.8 Å². The molecule has 3 heterocycles. The Bertz CT molecular complexity index is 1640. The van der Waals surface area contributed by atoms with Crippen LogP contribution in [0.15, 0.2) is 54.6 Å². The largest absolute Gasteiger partial charge is 0.461 e. The lowest BCUT2D eigenvalue weighted by Crippen LogP contribution is -2.48. The highest BCUT2D eigenvalue weighted by atomic mass is 35.5. The quantitative estimate of drug-likeness (QED) is 0.254. The molecule has 6 rings (SSSR count). The molecule has 10 heteroatoms. The Labute approximate surface area is 245 Å². The Balaban J connectivity index is 1.09. The molecule has 1 aliphatic carbocycles. The summed E-state index contributed by atoms with van der Waals surface area (Å²) >= 11 is 6.63. The van der Waals surface area contributed by atoms with Crippen molar-refractivity contribution in [2.75, 3.05) is 25.1 Å². The lowest BCUT2D eigenvalue weighted by atomic mass is 9.88. The van der Waals surface area contributed by atoms with E-state index in [1.165, 1.54) is 11.8 Å². The lowest BCUT2D eigenvalue weighted by Gasteiger charge is -2.39. The number of aromatic nitrogens is 3. The summed E-state index contributed by atoms with van der Waals surface area (Å²) in [6.45, 7) is 2.48. The van der Waals surface area contributed by atoms with Gasteiger partial charge in [0, 0.05) is 37.4 Å². The molecule has 41 heavy (non-hydrogen) atoms. The van der Waals surface area contributed by atoms with E-state index in [9.17, 15) is 13.2 Å². The van der Waals surface area contributed by atoms with Crippen LogP contribution in [0.5, 0.6) is 6.01 Å². The van der Waals surface area contributed by atoms with Crippen LogP contribution in [-0.2, 0) is 21.2 Å². The standard InChI is InChI=1S/C31H33ClN4O4S/c1-41(38,39)19-22-16-36(17-22)15-20-2-6-23(7-3-20)24-8-10-25(11-9-24)29-27(32)14-28-30(34-29)35-31(33-28)40-26-12-4-21(18-37)5-13-26/h2-3,6-11,14,18,21-22,26H,4-5,12-13,15-17,19H2,1H3,(H,33,34,35). The summed E-state index contributed by atoms with van der Waals surface area (Å²) in [6.07, 6.45) is 5.75. The minimum absolute atomic E-state index is 0.0401. The number of hydrogen-bond acceptors (Lipinski definition) is 7. The van der Waals surface area contributed by atoms with Crippen molar-refractivity contribution in [1.82, 2.24) is 19.9 Å². The number of H-pyrrole nitrogens is 1. The number of imidazole rings is 1. The molecular formula is C31H33ClN4O4S. The van der Waals surface area contributed by atoms with Gasteiger partial charge >= 0.3 is 0 Å². The van der Waals surface area contributed by atoms with Crippen LogP contribution in [0.1, 0.15) is 31.2 Å². The molecule has 1 aliphatic heterocycles. The van der Waals surface area contributed by atoms with E-state index in [0.29, 0.717) is 22.4 Å². The van der Waals surface area contributed by atoms with E-state index < -0.39 is 9.84 Å². The van der Waals surface area contributed by atoms with Gasteiger partial charge < -0.3 is 14.5 Å². The van der Waals surface area contributed by atoms with Gasteiger partial charge in [0.2, 0.25) is 0 Å². The molecular weight excluding hydrogens is 560 g/mol. The molecule has 214 valence electrons.